The van der Waals surface area contributed by atoms with Crippen molar-refractivity contribution in [3.63, 3.8) is 0 Å². The zero-order valence-electron chi connectivity index (χ0n) is 9.90. The maximum absolute atomic E-state index is 11.6. The van der Waals surface area contributed by atoms with Crippen LogP contribution in [0.1, 0.15) is 27.9 Å². The summed E-state index contributed by atoms with van der Waals surface area (Å²) >= 11 is 0. The van der Waals surface area contributed by atoms with Crippen LogP contribution in [0.15, 0.2) is 18.7 Å². The van der Waals surface area contributed by atoms with E-state index in [1.807, 2.05) is 0 Å². The molecule has 0 radical (unpaired) electrons. The molecule has 1 amide bonds. The third-order valence-electron chi connectivity index (χ3n) is 2.00. The van der Waals surface area contributed by atoms with Crippen molar-refractivity contribution in [3.8, 4) is 0 Å². The van der Waals surface area contributed by atoms with Gasteiger partial charge in [0.15, 0.2) is 5.69 Å². The molecule has 17 heavy (non-hydrogen) atoms. The molecule has 6 heteroatoms. The second-order valence-electron chi connectivity index (χ2n) is 3.26. The number of rotatable bonds is 5. The van der Waals surface area contributed by atoms with Gasteiger partial charge in [0, 0.05) is 19.7 Å². The zero-order chi connectivity index (χ0) is 12.8. The van der Waals surface area contributed by atoms with Crippen LogP contribution in [-0.4, -0.2) is 34.8 Å². The monoisotopic (exact) mass is 237 g/mol. The molecule has 0 atom stereocenters. The number of nitrogens with one attached hydrogen (secondary N) is 1. The molecule has 1 N–H and O–H groups in total. The highest BCUT2D eigenvalue weighted by molar-refractivity contribution is 5.96. The van der Waals surface area contributed by atoms with E-state index in [0.29, 0.717) is 6.54 Å². The minimum Gasteiger partial charge on any atom is -0.461 e. The van der Waals surface area contributed by atoms with Crippen LogP contribution in [0.2, 0.25) is 0 Å². The fraction of sp³-hybridized carbons (Fsp3) is 0.364. The smallest absolute Gasteiger partial charge is 0.356 e. The van der Waals surface area contributed by atoms with E-state index >= 15 is 0 Å². The molecule has 0 aromatic carbocycles. The van der Waals surface area contributed by atoms with E-state index in [0.717, 1.165) is 0 Å². The quantitative estimate of drug-likeness (QED) is 0.598. The Balaban J connectivity index is 2.84. The van der Waals surface area contributed by atoms with E-state index < -0.39 is 5.97 Å². The van der Waals surface area contributed by atoms with E-state index in [1.54, 1.807) is 20.0 Å². The number of carbonyl (C=O) groups is 2. The third-order valence-corrected chi connectivity index (χ3v) is 2.00. The molecule has 1 heterocycles. The summed E-state index contributed by atoms with van der Waals surface area (Å²) < 4.78 is 6.16. The number of aryl methyl sites for hydroxylation is 1. The number of ether oxygens (including phenoxy) is 1. The topological polar surface area (TPSA) is 73.2 Å². The molecule has 0 aliphatic heterocycles. The zero-order valence-corrected chi connectivity index (χ0v) is 9.90. The normalized spacial score (nSPS) is 9.76. The Morgan fingerprint density at radius 1 is 1.65 bits per heavy atom. The lowest BCUT2D eigenvalue weighted by Crippen LogP contribution is -2.23. The van der Waals surface area contributed by atoms with Crippen molar-refractivity contribution in [1.82, 2.24) is 15.1 Å². The first-order valence-electron chi connectivity index (χ1n) is 5.20. The van der Waals surface area contributed by atoms with Gasteiger partial charge in [-0.1, -0.05) is 6.08 Å². The summed E-state index contributed by atoms with van der Waals surface area (Å²) in [5.41, 5.74) is 0.424. The predicted octanol–water partition coefficient (Wildman–Crippen LogP) is 0.513. The number of nitrogens with zero attached hydrogens (tertiary/aromatic N) is 2. The van der Waals surface area contributed by atoms with Crippen molar-refractivity contribution in [2.45, 2.75) is 6.92 Å². The molecule has 0 saturated carbocycles. The summed E-state index contributed by atoms with van der Waals surface area (Å²) in [5.74, 6) is -0.846. The molecular weight excluding hydrogens is 222 g/mol. The molecule has 92 valence electrons. The third kappa shape index (κ3) is 3.17. The summed E-state index contributed by atoms with van der Waals surface area (Å²) in [7, 11) is 1.58. The number of aromatic nitrogens is 2. The van der Waals surface area contributed by atoms with Crippen molar-refractivity contribution >= 4 is 11.9 Å². The summed E-state index contributed by atoms with van der Waals surface area (Å²) in [6, 6.07) is 1.40. The first-order chi connectivity index (χ1) is 8.10. The second-order valence-corrected chi connectivity index (χ2v) is 3.26. The lowest BCUT2D eigenvalue weighted by molar-refractivity contribution is 0.0513. The van der Waals surface area contributed by atoms with Crippen LogP contribution in [0.25, 0.3) is 0 Å². The Kier molecular flexibility index (Phi) is 4.45. The largest absolute Gasteiger partial charge is 0.461 e. The van der Waals surface area contributed by atoms with Gasteiger partial charge in [-0.25, -0.2) is 4.79 Å². The minimum atomic E-state index is -0.495. The van der Waals surface area contributed by atoms with Crippen LogP contribution >= 0.6 is 0 Å². The molecule has 0 saturated heterocycles. The van der Waals surface area contributed by atoms with Crippen LogP contribution in [0.4, 0.5) is 0 Å². The Hall–Kier alpha value is -2.11. The fourth-order valence-electron chi connectivity index (χ4n) is 1.23. The predicted molar refractivity (Wildman–Crippen MR) is 61.7 cm³/mol. The SMILES string of the molecule is C=CCNC(=O)c1cc(C(=O)OCC)n(C)n1. The standard InChI is InChI=1S/C11H15N3O3/c1-4-6-12-10(15)8-7-9(14(3)13-8)11(16)17-5-2/h4,7H,1,5-6H2,2-3H3,(H,12,15). The van der Waals surface area contributed by atoms with Crippen molar-refractivity contribution < 1.29 is 14.3 Å². The van der Waals surface area contributed by atoms with Gasteiger partial charge in [-0.2, -0.15) is 5.10 Å². The first kappa shape index (κ1) is 13.0. The van der Waals surface area contributed by atoms with E-state index in [1.165, 1.54) is 10.7 Å². The number of amides is 1. The Bertz CT molecular complexity index is 437. The van der Waals surface area contributed by atoms with Gasteiger partial charge in [-0.05, 0) is 6.92 Å². The Morgan fingerprint density at radius 3 is 2.94 bits per heavy atom. The van der Waals surface area contributed by atoms with Crippen LogP contribution in [0.3, 0.4) is 0 Å². The van der Waals surface area contributed by atoms with Gasteiger partial charge >= 0.3 is 5.97 Å². The lowest BCUT2D eigenvalue weighted by atomic mass is 10.3. The van der Waals surface area contributed by atoms with Crippen LogP contribution in [0, 0.1) is 0 Å². The van der Waals surface area contributed by atoms with E-state index in [-0.39, 0.29) is 23.9 Å². The highest BCUT2D eigenvalue weighted by Gasteiger charge is 2.17. The first-order valence-corrected chi connectivity index (χ1v) is 5.20. The van der Waals surface area contributed by atoms with Gasteiger partial charge in [0.2, 0.25) is 0 Å². The average Bonchev–Trinajstić information content (AvgIpc) is 2.68. The van der Waals surface area contributed by atoms with Crippen LogP contribution in [0.5, 0.6) is 0 Å². The molecule has 6 nitrogen and oxygen atoms in total. The van der Waals surface area contributed by atoms with Crippen LogP contribution < -0.4 is 5.32 Å². The number of carbonyl (C=O) groups excluding carboxylic acids is 2. The van der Waals surface area contributed by atoms with Gasteiger partial charge in [0.25, 0.3) is 5.91 Å². The van der Waals surface area contributed by atoms with Crippen molar-refractivity contribution in [2.24, 2.45) is 7.05 Å². The molecule has 0 unspecified atom stereocenters. The maximum atomic E-state index is 11.6. The van der Waals surface area contributed by atoms with Gasteiger partial charge in [0.1, 0.15) is 5.69 Å². The molecular formula is C11H15N3O3. The number of hydrogen-bond donors (Lipinski definition) is 1. The Labute approximate surface area is 99.3 Å². The van der Waals surface area contributed by atoms with Crippen LogP contribution in [-0.2, 0) is 11.8 Å². The van der Waals surface area contributed by atoms with Gasteiger partial charge < -0.3 is 10.1 Å². The summed E-state index contributed by atoms with van der Waals surface area (Å²) in [4.78, 5) is 23.0. The van der Waals surface area contributed by atoms with E-state index in [2.05, 4.69) is 17.0 Å². The van der Waals surface area contributed by atoms with Gasteiger partial charge in [-0.15, -0.1) is 6.58 Å². The molecule has 0 fully saturated rings. The highest BCUT2D eigenvalue weighted by Crippen LogP contribution is 2.05. The molecule has 1 aromatic rings. The molecule has 1 rings (SSSR count). The van der Waals surface area contributed by atoms with Crippen molar-refractivity contribution in [1.29, 1.82) is 0 Å². The molecule has 0 aliphatic rings. The molecule has 0 spiro atoms. The van der Waals surface area contributed by atoms with Crippen molar-refractivity contribution in [3.05, 3.63) is 30.1 Å². The average molecular weight is 237 g/mol. The van der Waals surface area contributed by atoms with Crippen molar-refractivity contribution in [2.75, 3.05) is 13.2 Å². The number of hydrogen-bond acceptors (Lipinski definition) is 4. The van der Waals surface area contributed by atoms with E-state index in [9.17, 15) is 9.59 Å². The fourth-order valence-corrected chi connectivity index (χ4v) is 1.23. The molecule has 1 aromatic heterocycles. The summed E-state index contributed by atoms with van der Waals surface area (Å²) in [6.07, 6.45) is 1.56. The summed E-state index contributed by atoms with van der Waals surface area (Å²) in [6.45, 7) is 5.83. The highest BCUT2D eigenvalue weighted by atomic mass is 16.5. The van der Waals surface area contributed by atoms with E-state index in [4.69, 9.17) is 4.74 Å². The van der Waals surface area contributed by atoms with Gasteiger partial charge in [0.05, 0.1) is 6.61 Å². The second kappa shape index (κ2) is 5.83. The lowest BCUT2D eigenvalue weighted by Gasteiger charge is -1.99. The Morgan fingerprint density at radius 2 is 2.35 bits per heavy atom. The minimum absolute atomic E-state index is 0.178. The maximum Gasteiger partial charge on any atom is 0.356 e. The molecule has 0 bridgehead atoms. The number of esters is 1. The molecule has 0 aliphatic carbocycles. The van der Waals surface area contributed by atoms with Gasteiger partial charge in [-0.3, -0.25) is 9.48 Å². The summed E-state index contributed by atoms with van der Waals surface area (Å²) in [5, 5.41) is 6.51.